The summed E-state index contributed by atoms with van der Waals surface area (Å²) in [6.07, 6.45) is 3.27. The normalized spacial score (nSPS) is 12.6. The molecule has 0 saturated heterocycles. The number of carbonyl (C=O) groups is 1. The van der Waals surface area contributed by atoms with E-state index in [1.54, 1.807) is 13.2 Å². The molecule has 0 aliphatic carbocycles. The molecule has 5 heteroatoms. The average molecular weight is 290 g/mol. The molecule has 5 nitrogen and oxygen atoms in total. The van der Waals surface area contributed by atoms with Crippen LogP contribution in [0.5, 0.6) is 0 Å². The summed E-state index contributed by atoms with van der Waals surface area (Å²) in [4.78, 5) is 16.5. The Morgan fingerprint density at radius 2 is 2.14 bits per heavy atom. The van der Waals surface area contributed by atoms with Crippen LogP contribution in [0.2, 0.25) is 0 Å². The maximum atomic E-state index is 12.2. The molecule has 1 N–H and O–H groups in total. The maximum Gasteiger partial charge on any atom is 0.273 e. The predicted molar refractivity (Wildman–Crippen MR) is 79.3 cm³/mol. The summed E-state index contributed by atoms with van der Waals surface area (Å²) in [5.74, 6) is 2.07. The maximum absolute atomic E-state index is 12.2. The Kier molecular flexibility index (Phi) is 4.83. The molecule has 0 aliphatic heterocycles. The summed E-state index contributed by atoms with van der Waals surface area (Å²) in [6, 6.07) is 3.84. The molecule has 0 fully saturated rings. The van der Waals surface area contributed by atoms with Gasteiger partial charge in [0.1, 0.15) is 11.5 Å². The summed E-state index contributed by atoms with van der Waals surface area (Å²) in [5, 5.41) is 2.95. The number of rotatable bonds is 6. The molecule has 1 amide bonds. The zero-order valence-corrected chi connectivity index (χ0v) is 13.0. The molecule has 0 saturated carbocycles. The van der Waals surface area contributed by atoms with Crippen molar-refractivity contribution in [1.29, 1.82) is 0 Å². The minimum absolute atomic E-state index is 0.0428. The monoisotopic (exact) mass is 290 g/mol. The van der Waals surface area contributed by atoms with Crippen molar-refractivity contribution in [3.8, 4) is 0 Å². The first-order valence-corrected chi connectivity index (χ1v) is 7.28. The van der Waals surface area contributed by atoms with Crippen LogP contribution in [0.15, 0.2) is 27.2 Å². The van der Waals surface area contributed by atoms with E-state index >= 15 is 0 Å². The van der Waals surface area contributed by atoms with Gasteiger partial charge < -0.3 is 14.2 Å². The number of hydrogen-bond donors (Lipinski definition) is 1. The molecule has 1 atom stereocenters. The smallest absolute Gasteiger partial charge is 0.273 e. The largest absolute Gasteiger partial charge is 0.469 e. The van der Waals surface area contributed by atoms with Crippen LogP contribution < -0.4 is 5.32 Å². The molecular weight excluding hydrogens is 268 g/mol. The van der Waals surface area contributed by atoms with Crippen LogP contribution in [0.4, 0.5) is 0 Å². The molecule has 2 aromatic rings. The van der Waals surface area contributed by atoms with Gasteiger partial charge >= 0.3 is 0 Å². The van der Waals surface area contributed by atoms with E-state index < -0.39 is 0 Å². The number of oxazole rings is 1. The third kappa shape index (κ3) is 3.97. The summed E-state index contributed by atoms with van der Waals surface area (Å²) in [6.45, 7) is 7.71. The van der Waals surface area contributed by atoms with Gasteiger partial charge in [0.2, 0.25) is 0 Å². The van der Waals surface area contributed by atoms with Crippen molar-refractivity contribution in [2.45, 2.75) is 52.5 Å². The molecule has 1 unspecified atom stereocenters. The highest BCUT2D eigenvalue weighted by Gasteiger charge is 2.20. The van der Waals surface area contributed by atoms with E-state index in [1.807, 2.05) is 32.9 Å². The second-order valence-electron chi connectivity index (χ2n) is 5.60. The molecule has 0 spiro atoms. The zero-order valence-electron chi connectivity index (χ0n) is 13.0. The van der Waals surface area contributed by atoms with Crippen molar-refractivity contribution < 1.29 is 13.6 Å². The van der Waals surface area contributed by atoms with Crippen LogP contribution >= 0.6 is 0 Å². The molecule has 114 valence electrons. The lowest BCUT2D eigenvalue weighted by molar-refractivity contribution is 0.0932. The Morgan fingerprint density at radius 3 is 2.71 bits per heavy atom. The van der Waals surface area contributed by atoms with Gasteiger partial charge in [-0.15, -0.1) is 0 Å². The highest BCUT2D eigenvalue weighted by Crippen LogP contribution is 2.17. The van der Waals surface area contributed by atoms with Crippen molar-refractivity contribution in [2.75, 3.05) is 0 Å². The number of aromatic nitrogens is 1. The minimum Gasteiger partial charge on any atom is -0.469 e. The second-order valence-corrected chi connectivity index (χ2v) is 5.60. The quantitative estimate of drug-likeness (QED) is 0.884. The van der Waals surface area contributed by atoms with Gasteiger partial charge in [-0.1, -0.05) is 13.8 Å². The fraction of sp³-hybridized carbons (Fsp3) is 0.500. The van der Waals surface area contributed by atoms with E-state index in [0.29, 0.717) is 17.3 Å². The lowest BCUT2D eigenvalue weighted by Gasteiger charge is -2.12. The van der Waals surface area contributed by atoms with Crippen LogP contribution in [0.1, 0.15) is 61.0 Å². The number of amides is 1. The number of carbonyl (C=O) groups excluding carboxylic acids is 1. The molecule has 2 heterocycles. The first kappa shape index (κ1) is 15.4. The summed E-state index contributed by atoms with van der Waals surface area (Å²) < 4.78 is 10.8. The van der Waals surface area contributed by atoms with E-state index in [1.165, 1.54) is 0 Å². The molecule has 21 heavy (non-hydrogen) atoms. The SMILES string of the molecule is Cc1oc(C(C)C)nc1C(=O)NC(C)CCc1ccco1. The lowest BCUT2D eigenvalue weighted by atomic mass is 10.1. The third-order valence-corrected chi connectivity index (χ3v) is 3.30. The van der Waals surface area contributed by atoms with Crippen molar-refractivity contribution >= 4 is 5.91 Å². The first-order valence-electron chi connectivity index (χ1n) is 7.28. The topological polar surface area (TPSA) is 68.3 Å². The number of hydrogen-bond acceptors (Lipinski definition) is 4. The zero-order chi connectivity index (χ0) is 15.4. The van der Waals surface area contributed by atoms with Gasteiger partial charge in [0.25, 0.3) is 5.91 Å². The summed E-state index contributed by atoms with van der Waals surface area (Å²) in [7, 11) is 0. The van der Waals surface area contributed by atoms with E-state index in [0.717, 1.165) is 18.6 Å². The van der Waals surface area contributed by atoms with Gasteiger partial charge in [0.05, 0.1) is 6.26 Å². The number of nitrogens with one attached hydrogen (secondary N) is 1. The van der Waals surface area contributed by atoms with Gasteiger partial charge in [-0.25, -0.2) is 4.98 Å². The Labute approximate surface area is 124 Å². The van der Waals surface area contributed by atoms with Gasteiger partial charge in [0.15, 0.2) is 11.6 Å². The second kappa shape index (κ2) is 6.61. The van der Waals surface area contributed by atoms with Gasteiger partial charge in [-0.3, -0.25) is 4.79 Å². The van der Waals surface area contributed by atoms with Gasteiger partial charge in [-0.05, 0) is 32.4 Å². The molecular formula is C16H22N2O3. The van der Waals surface area contributed by atoms with Crippen LogP contribution in [-0.2, 0) is 6.42 Å². The highest BCUT2D eigenvalue weighted by molar-refractivity contribution is 5.93. The van der Waals surface area contributed by atoms with E-state index in [4.69, 9.17) is 8.83 Å². The third-order valence-electron chi connectivity index (χ3n) is 3.30. The van der Waals surface area contributed by atoms with E-state index in [-0.39, 0.29) is 17.9 Å². The highest BCUT2D eigenvalue weighted by atomic mass is 16.4. The average Bonchev–Trinajstić information content (AvgIpc) is 3.05. The number of furan rings is 1. The van der Waals surface area contributed by atoms with Crippen LogP contribution in [0.25, 0.3) is 0 Å². The van der Waals surface area contributed by atoms with Crippen molar-refractivity contribution in [2.24, 2.45) is 0 Å². The fourth-order valence-corrected chi connectivity index (χ4v) is 2.05. The fourth-order valence-electron chi connectivity index (χ4n) is 2.05. The molecule has 0 aliphatic rings. The Balaban J connectivity index is 1.91. The molecule has 0 radical (unpaired) electrons. The predicted octanol–water partition coefficient (Wildman–Crippen LogP) is 3.45. The summed E-state index contributed by atoms with van der Waals surface area (Å²) >= 11 is 0. The first-order chi connectivity index (χ1) is 9.97. The molecule has 0 bridgehead atoms. The molecule has 0 aromatic carbocycles. The Morgan fingerprint density at radius 1 is 1.38 bits per heavy atom. The van der Waals surface area contributed by atoms with E-state index in [2.05, 4.69) is 10.3 Å². The number of nitrogens with zero attached hydrogens (tertiary/aromatic N) is 1. The lowest BCUT2D eigenvalue weighted by Crippen LogP contribution is -2.33. The summed E-state index contributed by atoms with van der Waals surface area (Å²) in [5.41, 5.74) is 0.378. The van der Waals surface area contributed by atoms with Crippen LogP contribution in [0, 0.1) is 6.92 Å². The standard InChI is InChI=1S/C16H22N2O3/c1-10(2)16-18-14(12(4)21-16)15(19)17-11(3)7-8-13-6-5-9-20-13/h5-6,9-11H,7-8H2,1-4H3,(H,17,19). The van der Waals surface area contributed by atoms with Gasteiger partial charge in [0, 0.05) is 18.4 Å². The number of aryl methyl sites for hydroxylation is 2. The Hall–Kier alpha value is -2.04. The van der Waals surface area contributed by atoms with Crippen molar-refractivity contribution in [3.05, 3.63) is 41.5 Å². The molecule has 2 rings (SSSR count). The van der Waals surface area contributed by atoms with Gasteiger partial charge in [-0.2, -0.15) is 0 Å². The van der Waals surface area contributed by atoms with Crippen molar-refractivity contribution in [3.63, 3.8) is 0 Å². The van der Waals surface area contributed by atoms with Crippen LogP contribution in [0.3, 0.4) is 0 Å². The minimum atomic E-state index is -0.185. The Bertz CT molecular complexity index is 585. The van der Waals surface area contributed by atoms with Crippen molar-refractivity contribution in [1.82, 2.24) is 10.3 Å². The molecule has 2 aromatic heterocycles. The van der Waals surface area contributed by atoms with Crippen LogP contribution in [-0.4, -0.2) is 16.9 Å². The van der Waals surface area contributed by atoms with E-state index in [9.17, 15) is 4.79 Å².